The maximum Gasteiger partial charge on any atom is 0.221 e. The maximum atomic E-state index is 13.2. The molecule has 0 fully saturated rings. The van der Waals surface area contributed by atoms with Crippen LogP contribution in [0, 0.1) is 11.6 Å². The van der Waals surface area contributed by atoms with Crippen LogP contribution in [0.4, 0.5) is 8.78 Å². The average Bonchev–Trinajstić information content (AvgIpc) is 2.16. The number of benzene rings is 1. The molecule has 0 aromatic heterocycles. The summed E-state index contributed by atoms with van der Waals surface area (Å²) >= 11 is 0. The second-order valence-corrected chi connectivity index (χ2v) is 3.19. The van der Waals surface area contributed by atoms with Crippen molar-refractivity contribution in [2.24, 2.45) is 5.73 Å². The van der Waals surface area contributed by atoms with Crippen LogP contribution in [0.5, 0.6) is 0 Å². The molecule has 0 bridgehead atoms. The summed E-state index contributed by atoms with van der Waals surface area (Å²) in [4.78, 5) is 10.4. The zero-order valence-electron chi connectivity index (χ0n) is 8.41. The number of nitrogens with two attached hydrogens (primary N) is 1. The molecule has 0 aliphatic heterocycles. The predicted octanol–water partition coefficient (Wildman–Crippen LogP) is 1.35. The van der Waals surface area contributed by atoms with Crippen LogP contribution in [0.2, 0.25) is 0 Å². The van der Waals surface area contributed by atoms with Crippen LogP contribution in [-0.2, 0) is 11.4 Å². The Labute approximate surface area is 91.2 Å². The monoisotopic (exact) mass is 227 g/mol. The summed E-state index contributed by atoms with van der Waals surface area (Å²) in [6.07, 6.45) is 2.80. The van der Waals surface area contributed by atoms with E-state index in [9.17, 15) is 13.6 Å². The van der Waals surface area contributed by atoms with Crippen molar-refractivity contribution in [1.82, 2.24) is 0 Å². The molecule has 0 atom stereocenters. The molecule has 5 heteroatoms. The molecule has 0 aliphatic rings. The summed E-state index contributed by atoms with van der Waals surface area (Å²) in [6, 6.07) is 2.15. The van der Waals surface area contributed by atoms with Crippen LogP contribution in [0.1, 0.15) is 17.5 Å². The molecule has 3 N–H and O–H groups in total. The van der Waals surface area contributed by atoms with E-state index in [1.165, 1.54) is 12.2 Å². The van der Waals surface area contributed by atoms with Crippen LogP contribution < -0.4 is 5.73 Å². The molecule has 0 heterocycles. The number of hydrogen-bond acceptors (Lipinski definition) is 2. The van der Waals surface area contributed by atoms with Gasteiger partial charge >= 0.3 is 0 Å². The first-order valence-corrected chi connectivity index (χ1v) is 4.58. The second-order valence-electron chi connectivity index (χ2n) is 3.19. The lowest BCUT2D eigenvalue weighted by Gasteiger charge is -2.02. The topological polar surface area (TPSA) is 63.3 Å². The molecule has 1 aromatic rings. The molecule has 1 amide bonds. The van der Waals surface area contributed by atoms with Gasteiger partial charge in [-0.3, -0.25) is 4.79 Å². The Morgan fingerprint density at radius 1 is 1.38 bits per heavy atom. The minimum absolute atomic E-state index is 0.00495. The van der Waals surface area contributed by atoms with E-state index in [0.717, 1.165) is 12.1 Å². The molecule has 16 heavy (non-hydrogen) atoms. The first-order valence-electron chi connectivity index (χ1n) is 4.58. The summed E-state index contributed by atoms with van der Waals surface area (Å²) in [6.45, 7) is -0.692. The van der Waals surface area contributed by atoms with Gasteiger partial charge in [0, 0.05) is 12.0 Å². The molecule has 0 saturated heterocycles. The van der Waals surface area contributed by atoms with Crippen molar-refractivity contribution >= 4 is 12.0 Å². The van der Waals surface area contributed by atoms with E-state index >= 15 is 0 Å². The molecule has 86 valence electrons. The van der Waals surface area contributed by atoms with Crippen LogP contribution in [0.25, 0.3) is 6.08 Å². The van der Waals surface area contributed by atoms with Crippen LogP contribution in [0.15, 0.2) is 18.2 Å². The number of hydrogen-bond donors (Lipinski definition) is 2. The molecular weight excluding hydrogens is 216 g/mol. The molecule has 0 saturated carbocycles. The fourth-order valence-corrected chi connectivity index (χ4v) is 1.18. The highest BCUT2D eigenvalue weighted by atomic mass is 19.1. The third kappa shape index (κ3) is 3.13. The quantitative estimate of drug-likeness (QED) is 0.815. The van der Waals surface area contributed by atoms with Gasteiger partial charge in [-0.15, -0.1) is 0 Å². The van der Waals surface area contributed by atoms with Gasteiger partial charge in [0.2, 0.25) is 5.91 Å². The smallest absolute Gasteiger partial charge is 0.221 e. The zero-order valence-corrected chi connectivity index (χ0v) is 8.41. The van der Waals surface area contributed by atoms with E-state index < -0.39 is 24.1 Å². The van der Waals surface area contributed by atoms with Crippen molar-refractivity contribution in [3.8, 4) is 0 Å². The van der Waals surface area contributed by atoms with Crippen LogP contribution in [-0.4, -0.2) is 11.0 Å². The molecule has 3 nitrogen and oxygen atoms in total. The Morgan fingerprint density at radius 3 is 2.38 bits per heavy atom. The Balaban J connectivity index is 2.91. The molecule has 0 aliphatic carbocycles. The van der Waals surface area contributed by atoms with Crippen molar-refractivity contribution < 1.29 is 18.7 Å². The largest absolute Gasteiger partial charge is 0.391 e. The van der Waals surface area contributed by atoms with Crippen molar-refractivity contribution in [3.05, 3.63) is 41.0 Å². The molecule has 0 radical (unpaired) electrons. The Morgan fingerprint density at radius 2 is 1.94 bits per heavy atom. The van der Waals surface area contributed by atoms with E-state index in [1.807, 2.05) is 0 Å². The maximum absolute atomic E-state index is 13.2. The minimum Gasteiger partial charge on any atom is -0.391 e. The lowest BCUT2D eigenvalue weighted by Crippen LogP contribution is -2.07. The highest BCUT2D eigenvalue weighted by Gasteiger charge is 2.08. The normalized spacial score (nSPS) is 10.9. The van der Waals surface area contributed by atoms with E-state index in [2.05, 4.69) is 0 Å². The summed E-state index contributed by atoms with van der Waals surface area (Å²) in [5.41, 5.74) is 4.79. The van der Waals surface area contributed by atoms with Gasteiger partial charge in [-0.05, 0) is 17.7 Å². The number of carbonyl (C=O) groups is 1. The zero-order chi connectivity index (χ0) is 12.1. The first kappa shape index (κ1) is 12.3. The third-order valence-corrected chi connectivity index (χ3v) is 1.95. The van der Waals surface area contributed by atoms with Crippen molar-refractivity contribution in [3.63, 3.8) is 0 Å². The van der Waals surface area contributed by atoms with Gasteiger partial charge in [0.25, 0.3) is 0 Å². The van der Waals surface area contributed by atoms with Gasteiger partial charge in [0.1, 0.15) is 11.6 Å². The molecule has 1 aromatic carbocycles. The number of primary amides is 1. The van der Waals surface area contributed by atoms with Crippen LogP contribution >= 0.6 is 0 Å². The van der Waals surface area contributed by atoms with Gasteiger partial charge in [-0.2, -0.15) is 0 Å². The fraction of sp³-hybridized carbons (Fsp3) is 0.182. The second kappa shape index (κ2) is 5.37. The summed E-state index contributed by atoms with van der Waals surface area (Å²) in [7, 11) is 0. The van der Waals surface area contributed by atoms with Gasteiger partial charge in [0.05, 0.1) is 6.61 Å². The summed E-state index contributed by atoms with van der Waals surface area (Å²) < 4.78 is 26.3. The number of aliphatic hydroxyl groups is 1. The van der Waals surface area contributed by atoms with Gasteiger partial charge in [-0.1, -0.05) is 12.2 Å². The number of carbonyl (C=O) groups excluding carboxylic acids is 1. The van der Waals surface area contributed by atoms with Crippen LogP contribution in [0.3, 0.4) is 0 Å². The molecule has 0 unspecified atom stereocenters. The molecular formula is C11H11F2NO2. The standard InChI is InChI=1S/C11H11F2NO2/c12-9-4-7(2-1-3-11(14)16)5-10(13)8(9)6-15/h1-2,4-5,15H,3,6H2,(H2,14,16). The Bertz CT molecular complexity index is 407. The van der Waals surface area contributed by atoms with Gasteiger partial charge in [-0.25, -0.2) is 8.78 Å². The Kier molecular flexibility index (Phi) is 4.13. The number of halogens is 2. The number of rotatable bonds is 4. The minimum atomic E-state index is -0.818. The van der Waals surface area contributed by atoms with E-state index in [0.29, 0.717) is 0 Å². The molecule has 0 spiro atoms. The highest BCUT2D eigenvalue weighted by molar-refractivity contribution is 5.76. The average molecular weight is 227 g/mol. The number of aliphatic hydroxyl groups excluding tert-OH is 1. The predicted molar refractivity (Wildman–Crippen MR) is 55.1 cm³/mol. The molecule has 1 rings (SSSR count). The van der Waals surface area contributed by atoms with Crippen molar-refractivity contribution in [2.45, 2.75) is 13.0 Å². The van der Waals surface area contributed by atoms with Gasteiger partial charge in [0.15, 0.2) is 0 Å². The SMILES string of the molecule is NC(=O)CC=Cc1cc(F)c(CO)c(F)c1. The van der Waals surface area contributed by atoms with Crippen molar-refractivity contribution in [2.75, 3.05) is 0 Å². The number of amides is 1. The van der Waals surface area contributed by atoms with E-state index in [-0.39, 0.29) is 17.5 Å². The lowest BCUT2D eigenvalue weighted by molar-refractivity contribution is -0.117. The lowest BCUT2D eigenvalue weighted by atomic mass is 10.1. The van der Waals surface area contributed by atoms with Gasteiger partial charge < -0.3 is 10.8 Å². The Hall–Kier alpha value is -1.75. The first-order chi connectivity index (χ1) is 7.54. The van der Waals surface area contributed by atoms with E-state index in [4.69, 9.17) is 10.8 Å². The fourth-order valence-electron chi connectivity index (χ4n) is 1.18. The summed E-state index contributed by atoms with van der Waals surface area (Å²) in [5.74, 6) is -2.16. The summed E-state index contributed by atoms with van der Waals surface area (Å²) in [5, 5.41) is 8.68. The van der Waals surface area contributed by atoms with E-state index in [1.54, 1.807) is 0 Å². The third-order valence-electron chi connectivity index (χ3n) is 1.95. The van der Waals surface area contributed by atoms with Crippen molar-refractivity contribution in [1.29, 1.82) is 0 Å². The highest BCUT2D eigenvalue weighted by Crippen LogP contribution is 2.16.